The minimum Gasteiger partial charge on any atom is -0.464 e. The molecular formula is C7H4ClF3N2O2. The minimum atomic E-state index is -4.68. The van der Waals surface area contributed by atoms with Crippen LogP contribution in [0.3, 0.4) is 0 Å². The van der Waals surface area contributed by atoms with E-state index in [1.54, 1.807) is 0 Å². The number of nitrogens with zero attached hydrogens (tertiary/aromatic N) is 2. The first-order valence-corrected chi connectivity index (χ1v) is 3.92. The fourth-order valence-corrected chi connectivity index (χ4v) is 0.906. The molecule has 0 radical (unpaired) electrons. The Labute approximate surface area is 87.0 Å². The molecule has 0 atom stereocenters. The second-order valence-corrected chi connectivity index (χ2v) is 2.74. The molecule has 15 heavy (non-hydrogen) atoms. The molecule has 0 aliphatic heterocycles. The van der Waals surface area contributed by atoms with Crippen molar-refractivity contribution in [3.8, 4) is 0 Å². The van der Waals surface area contributed by atoms with Crippen LogP contribution in [0.25, 0.3) is 0 Å². The Kier molecular flexibility index (Phi) is 3.13. The van der Waals surface area contributed by atoms with Crippen LogP contribution >= 0.6 is 11.6 Å². The number of rotatable bonds is 1. The quantitative estimate of drug-likeness (QED) is 0.704. The van der Waals surface area contributed by atoms with E-state index >= 15 is 0 Å². The Balaban J connectivity index is 3.23. The Morgan fingerprint density at radius 2 is 2.13 bits per heavy atom. The maximum Gasteiger partial charge on any atom is 0.434 e. The number of ether oxygens (including phenoxy) is 1. The van der Waals surface area contributed by atoms with Gasteiger partial charge in [0.25, 0.3) is 0 Å². The van der Waals surface area contributed by atoms with Crippen molar-refractivity contribution in [1.82, 2.24) is 9.97 Å². The van der Waals surface area contributed by atoms with Gasteiger partial charge in [0.05, 0.1) is 13.3 Å². The van der Waals surface area contributed by atoms with Crippen LogP contribution in [0.15, 0.2) is 6.20 Å². The van der Waals surface area contributed by atoms with Crippen molar-refractivity contribution in [2.75, 3.05) is 7.11 Å². The molecule has 0 aliphatic carbocycles. The van der Waals surface area contributed by atoms with E-state index in [9.17, 15) is 18.0 Å². The smallest absolute Gasteiger partial charge is 0.434 e. The third kappa shape index (κ3) is 2.56. The third-order valence-corrected chi connectivity index (χ3v) is 1.67. The number of halogens is 4. The number of aromatic nitrogens is 2. The van der Waals surface area contributed by atoms with Gasteiger partial charge in [0.2, 0.25) is 0 Å². The van der Waals surface area contributed by atoms with Gasteiger partial charge >= 0.3 is 12.1 Å². The van der Waals surface area contributed by atoms with Crippen LogP contribution in [0.5, 0.6) is 0 Å². The topological polar surface area (TPSA) is 52.1 Å². The lowest BCUT2D eigenvalue weighted by Crippen LogP contribution is -2.14. The van der Waals surface area contributed by atoms with E-state index in [-0.39, 0.29) is 0 Å². The molecule has 82 valence electrons. The summed E-state index contributed by atoms with van der Waals surface area (Å²) >= 11 is 5.38. The second kappa shape index (κ2) is 4.01. The van der Waals surface area contributed by atoms with Gasteiger partial charge in [-0.25, -0.2) is 14.8 Å². The lowest BCUT2D eigenvalue weighted by molar-refractivity contribution is -0.141. The van der Waals surface area contributed by atoms with Crippen LogP contribution in [-0.4, -0.2) is 23.0 Å². The molecule has 0 fully saturated rings. The van der Waals surface area contributed by atoms with E-state index in [1.165, 1.54) is 0 Å². The van der Waals surface area contributed by atoms with Crippen molar-refractivity contribution >= 4 is 17.6 Å². The van der Waals surface area contributed by atoms with Crippen molar-refractivity contribution in [3.63, 3.8) is 0 Å². The van der Waals surface area contributed by atoms with Gasteiger partial charge in [-0.05, 0) is 0 Å². The summed E-state index contributed by atoms with van der Waals surface area (Å²) in [5.41, 5.74) is -1.96. The van der Waals surface area contributed by atoms with E-state index in [4.69, 9.17) is 11.6 Å². The Morgan fingerprint density at radius 3 is 2.60 bits per heavy atom. The first-order valence-electron chi connectivity index (χ1n) is 3.54. The lowest BCUT2D eigenvalue weighted by atomic mass is 10.4. The number of esters is 1. The second-order valence-electron chi connectivity index (χ2n) is 2.38. The highest BCUT2D eigenvalue weighted by Crippen LogP contribution is 2.28. The zero-order chi connectivity index (χ0) is 11.6. The molecule has 0 aliphatic rings. The van der Waals surface area contributed by atoms with Gasteiger partial charge in [-0.2, -0.15) is 13.2 Å². The molecule has 0 saturated heterocycles. The standard InChI is InChI=1S/C7H4ClF3N2O2/c1-15-6(14)4-5(8)12-2-3(13-4)7(9,10)11/h2H,1H3. The summed E-state index contributed by atoms with van der Waals surface area (Å²) in [7, 11) is 1.00. The van der Waals surface area contributed by atoms with Crippen molar-refractivity contribution in [1.29, 1.82) is 0 Å². The van der Waals surface area contributed by atoms with Gasteiger partial charge in [0, 0.05) is 0 Å². The van der Waals surface area contributed by atoms with Gasteiger partial charge < -0.3 is 4.74 Å². The summed E-state index contributed by atoms with van der Waals surface area (Å²) in [6.07, 6.45) is -4.24. The monoisotopic (exact) mass is 240 g/mol. The molecule has 4 nitrogen and oxygen atoms in total. The van der Waals surface area contributed by atoms with Gasteiger partial charge in [-0.15, -0.1) is 0 Å². The van der Waals surface area contributed by atoms with Gasteiger partial charge in [-0.1, -0.05) is 11.6 Å². The summed E-state index contributed by atoms with van der Waals surface area (Å²) in [5.74, 6) is -1.07. The molecule has 0 bridgehead atoms. The molecule has 0 N–H and O–H groups in total. The SMILES string of the molecule is COC(=O)c1nc(C(F)(F)F)cnc1Cl. The normalized spacial score (nSPS) is 11.3. The average molecular weight is 241 g/mol. The number of alkyl halides is 3. The van der Waals surface area contributed by atoms with E-state index < -0.39 is 28.7 Å². The molecule has 0 saturated carbocycles. The van der Waals surface area contributed by atoms with Crippen molar-refractivity contribution in [3.05, 3.63) is 22.7 Å². The van der Waals surface area contributed by atoms with Gasteiger partial charge in [-0.3, -0.25) is 0 Å². The molecule has 1 aromatic heterocycles. The first-order chi connectivity index (χ1) is 6.86. The van der Waals surface area contributed by atoms with Crippen molar-refractivity contribution in [2.24, 2.45) is 0 Å². The van der Waals surface area contributed by atoms with E-state index in [0.717, 1.165) is 7.11 Å². The lowest BCUT2D eigenvalue weighted by Gasteiger charge is -2.06. The predicted molar refractivity (Wildman–Crippen MR) is 43.4 cm³/mol. The molecule has 1 aromatic rings. The van der Waals surface area contributed by atoms with E-state index in [1.807, 2.05) is 0 Å². The summed E-state index contributed by atoms with van der Waals surface area (Å²) < 4.78 is 40.7. The van der Waals surface area contributed by atoms with Crippen LogP contribution in [0.1, 0.15) is 16.2 Å². The number of carbonyl (C=O) groups excluding carboxylic acids is 1. The minimum absolute atomic E-state index is 0.435. The number of hydrogen-bond acceptors (Lipinski definition) is 4. The Hall–Kier alpha value is -1.37. The van der Waals surface area contributed by atoms with Crippen LogP contribution in [0.4, 0.5) is 13.2 Å². The van der Waals surface area contributed by atoms with Crippen molar-refractivity contribution < 1.29 is 22.7 Å². The molecule has 1 rings (SSSR count). The van der Waals surface area contributed by atoms with Crippen LogP contribution in [0, 0.1) is 0 Å². The first kappa shape index (κ1) is 11.7. The molecular weight excluding hydrogens is 237 g/mol. The van der Waals surface area contributed by atoms with Crippen LogP contribution in [-0.2, 0) is 10.9 Å². The highest BCUT2D eigenvalue weighted by Gasteiger charge is 2.34. The largest absolute Gasteiger partial charge is 0.464 e. The van der Waals surface area contributed by atoms with Gasteiger partial charge in [0.15, 0.2) is 16.5 Å². The highest BCUT2D eigenvalue weighted by atomic mass is 35.5. The Bertz CT molecular complexity index is 394. The fraction of sp³-hybridized carbons (Fsp3) is 0.286. The van der Waals surface area contributed by atoms with Crippen molar-refractivity contribution in [2.45, 2.75) is 6.18 Å². The van der Waals surface area contributed by atoms with Crippen LogP contribution in [0.2, 0.25) is 5.15 Å². The summed E-state index contributed by atoms with van der Waals surface area (Å²) in [6, 6.07) is 0. The molecule has 0 amide bonds. The summed E-state index contributed by atoms with van der Waals surface area (Å²) in [6.45, 7) is 0. The molecule has 8 heteroatoms. The van der Waals surface area contributed by atoms with E-state index in [0.29, 0.717) is 6.20 Å². The zero-order valence-corrected chi connectivity index (χ0v) is 8.06. The average Bonchev–Trinajstić information content (AvgIpc) is 2.15. The third-order valence-electron chi connectivity index (χ3n) is 1.40. The molecule has 0 spiro atoms. The van der Waals surface area contributed by atoms with Crippen LogP contribution < -0.4 is 0 Å². The maximum atomic E-state index is 12.2. The maximum absolute atomic E-state index is 12.2. The molecule has 0 aromatic carbocycles. The van der Waals surface area contributed by atoms with E-state index in [2.05, 4.69) is 14.7 Å². The predicted octanol–water partition coefficient (Wildman–Crippen LogP) is 1.94. The number of carbonyl (C=O) groups is 1. The van der Waals surface area contributed by atoms with Gasteiger partial charge in [0.1, 0.15) is 0 Å². The number of methoxy groups -OCH3 is 1. The molecule has 1 heterocycles. The Morgan fingerprint density at radius 1 is 1.53 bits per heavy atom. The summed E-state index contributed by atoms with van der Waals surface area (Å²) in [4.78, 5) is 17.2. The zero-order valence-electron chi connectivity index (χ0n) is 7.30. The number of hydrogen-bond donors (Lipinski definition) is 0. The summed E-state index contributed by atoms with van der Waals surface area (Å²) in [5, 5.41) is -0.435. The highest BCUT2D eigenvalue weighted by molar-refractivity contribution is 6.32. The molecule has 0 unspecified atom stereocenters. The fourth-order valence-electron chi connectivity index (χ4n) is 0.738.